The summed E-state index contributed by atoms with van der Waals surface area (Å²) in [5, 5.41) is 10.9. The zero-order chi connectivity index (χ0) is 15.7. The van der Waals surface area contributed by atoms with Crippen LogP contribution < -0.4 is 4.90 Å². The third-order valence-corrected chi connectivity index (χ3v) is 4.03. The Bertz CT molecular complexity index is 709. The molecule has 1 fully saturated rings. The second kappa shape index (κ2) is 5.81. The number of carbonyl (C=O) groups excluding carboxylic acids is 1. The fourth-order valence-corrected chi connectivity index (χ4v) is 2.73. The van der Waals surface area contributed by atoms with Crippen LogP contribution >= 0.6 is 0 Å². The number of hydrogen-bond acceptors (Lipinski definition) is 6. The quantitative estimate of drug-likeness (QED) is 0.848. The summed E-state index contributed by atoms with van der Waals surface area (Å²) in [5.74, 6) is -0.431. The summed E-state index contributed by atoms with van der Waals surface area (Å²) >= 11 is 0. The molecule has 6 heteroatoms. The van der Waals surface area contributed by atoms with Crippen LogP contribution in [0.5, 0.6) is 5.75 Å². The third-order valence-electron chi connectivity index (χ3n) is 4.03. The highest BCUT2D eigenvalue weighted by Crippen LogP contribution is 2.32. The summed E-state index contributed by atoms with van der Waals surface area (Å²) in [7, 11) is 3.42. The zero-order valence-corrected chi connectivity index (χ0v) is 12.7. The van der Waals surface area contributed by atoms with Crippen LogP contribution in [0.15, 0.2) is 24.3 Å². The first-order chi connectivity index (χ1) is 10.6. The number of piperazine rings is 1. The van der Waals surface area contributed by atoms with E-state index >= 15 is 0 Å². The van der Waals surface area contributed by atoms with Crippen LogP contribution in [0, 0.1) is 0 Å². The highest BCUT2D eigenvalue weighted by Gasteiger charge is 2.20. The SMILES string of the molecule is COC(=O)c1cc(N2CCN(C)CC2)c2cccc(O)c2n1. The Hall–Kier alpha value is -2.34. The summed E-state index contributed by atoms with van der Waals surface area (Å²) < 4.78 is 4.77. The normalized spacial score (nSPS) is 16.0. The Kier molecular flexibility index (Phi) is 3.85. The number of rotatable bonds is 2. The molecule has 1 N–H and O–H groups in total. The Morgan fingerprint density at radius 2 is 2.00 bits per heavy atom. The van der Waals surface area contributed by atoms with Crippen LogP contribution in [0.4, 0.5) is 5.69 Å². The number of methoxy groups -OCH3 is 1. The highest BCUT2D eigenvalue weighted by molar-refractivity contribution is 6.00. The lowest BCUT2D eigenvalue weighted by Crippen LogP contribution is -2.44. The largest absolute Gasteiger partial charge is 0.506 e. The zero-order valence-electron chi connectivity index (χ0n) is 12.7. The molecular weight excluding hydrogens is 282 g/mol. The molecule has 0 radical (unpaired) electrons. The third kappa shape index (κ3) is 2.57. The molecule has 116 valence electrons. The van der Waals surface area contributed by atoms with E-state index in [4.69, 9.17) is 4.74 Å². The molecule has 1 aliphatic heterocycles. The van der Waals surface area contributed by atoms with E-state index in [0.717, 1.165) is 37.3 Å². The number of benzene rings is 1. The fourth-order valence-electron chi connectivity index (χ4n) is 2.73. The number of phenols is 1. The number of phenolic OH excluding ortho intramolecular Hbond substituents is 1. The molecule has 1 aromatic heterocycles. The number of fused-ring (bicyclic) bond motifs is 1. The molecule has 1 aromatic carbocycles. The lowest BCUT2D eigenvalue weighted by molar-refractivity contribution is 0.0594. The Labute approximate surface area is 128 Å². The van der Waals surface area contributed by atoms with E-state index in [1.54, 1.807) is 18.2 Å². The first-order valence-electron chi connectivity index (χ1n) is 7.24. The van der Waals surface area contributed by atoms with Crippen LogP contribution in [0.1, 0.15) is 10.5 Å². The van der Waals surface area contributed by atoms with E-state index in [1.807, 2.05) is 6.07 Å². The van der Waals surface area contributed by atoms with Gasteiger partial charge in [-0.3, -0.25) is 0 Å². The van der Waals surface area contributed by atoms with Crippen LogP contribution in [-0.2, 0) is 4.74 Å². The molecule has 0 aliphatic carbocycles. The van der Waals surface area contributed by atoms with Gasteiger partial charge in [0.2, 0.25) is 0 Å². The second-order valence-electron chi connectivity index (χ2n) is 5.48. The highest BCUT2D eigenvalue weighted by atomic mass is 16.5. The molecule has 2 aromatic rings. The van der Waals surface area contributed by atoms with Crippen LogP contribution in [0.2, 0.25) is 0 Å². The van der Waals surface area contributed by atoms with Crippen molar-refractivity contribution in [2.45, 2.75) is 0 Å². The van der Waals surface area contributed by atoms with Gasteiger partial charge >= 0.3 is 5.97 Å². The molecule has 1 saturated heterocycles. The van der Waals surface area contributed by atoms with Gasteiger partial charge in [-0.25, -0.2) is 9.78 Å². The van der Waals surface area contributed by atoms with Crippen molar-refractivity contribution in [1.82, 2.24) is 9.88 Å². The summed E-state index contributed by atoms with van der Waals surface area (Å²) in [6, 6.07) is 7.02. The van der Waals surface area contributed by atoms with Gasteiger partial charge in [-0.2, -0.15) is 0 Å². The Balaban J connectivity index is 2.14. The minimum Gasteiger partial charge on any atom is -0.506 e. The number of hydrogen-bond donors (Lipinski definition) is 1. The van der Waals surface area contributed by atoms with E-state index < -0.39 is 5.97 Å². The second-order valence-corrected chi connectivity index (χ2v) is 5.48. The van der Waals surface area contributed by atoms with Crippen molar-refractivity contribution >= 4 is 22.6 Å². The van der Waals surface area contributed by atoms with E-state index in [2.05, 4.69) is 21.8 Å². The van der Waals surface area contributed by atoms with Crippen molar-refractivity contribution in [2.75, 3.05) is 45.2 Å². The number of likely N-dealkylation sites (N-methyl/N-ethyl adjacent to an activating group) is 1. The number of anilines is 1. The minimum atomic E-state index is -0.500. The van der Waals surface area contributed by atoms with Crippen molar-refractivity contribution in [1.29, 1.82) is 0 Å². The van der Waals surface area contributed by atoms with Crippen molar-refractivity contribution in [2.24, 2.45) is 0 Å². The first-order valence-corrected chi connectivity index (χ1v) is 7.24. The molecule has 2 heterocycles. The molecule has 0 unspecified atom stereocenters. The van der Waals surface area contributed by atoms with Crippen LogP contribution in [0.3, 0.4) is 0 Å². The van der Waals surface area contributed by atoms with Gasteiger partial charge in [-0.15, -0.1) is 0 Å². The molecule has 0 amide bonds. The maximum atomic E-state index is 11.9. The van der Waals surface area contributed by atoms with Gasteiger partial charge in [-0.05, 0) is 19.2 Å². The van der Waals surface area contributed by atoms with Crippen LogP contribution in [-0.4, -0.2) is 61.3 Å². The average Bonchev–Trinajstić information content (AvgIpc) is 2.54. The predicted molar refractivity (Wildman–Crippen MR) is 84.5 cm³/mol. The van der Waals surface area contributed by atoms with Gasteiger partial charge in [0, 0.05) is 37.3 Å². The molecule has 3 rings (SSSR count). The Morgan fingerprint density at radius 3 is 2.68 bits per heavy atom. The molecule has 22 heavy (non-hydrogen) atoms. The van der Waals surface area contributed by atoms with Gasteiger partial charge in [0.1, 0.15) is 11.3 Å². The number of para-hydroxylation sites is 1. The summed E-state index contributed by atoms with van der Waals surface area (Å²) in [4.78, 5) is 20.6. The monoisotopic (exact) mass is 301 g/mol. The average molecular weight is 301 g/mol. The standard InChI is InChI=1S/C16H19N3O3/c1-18-6-8-19(9-7-18)13-10-12(16(21)22-2)17-15-11(13)4-3-5-14(15)20/h3-5,10,20H,6-9H2,1-2H3. The number of esters is 1. The molecular formula is C16H19N3O3. The minimum absolute atomic E-state index is 0.0682. The van der Waals surface area contributed by atoms with Crippen molar-refractivity contribution in [3.8, 4) is 5.75 Å². The van der Waals surface area contributed by atoms with Gasteiger partial charge < -0.3 is 19.6 Å². The fraction of sp³-hybridized carbons (Fsp3) is 0.375. The van der Waals surface area contributed by atoms with Crippen molar-refractivity contribution in [3.63, 3.8) is 0 Å². The molecule has 1 aliphatic rings. The number of aromatic hydroxyl groups is 1. The van der Waals surface area contributed by atoms with Gasteiger partial charge in [0.25, 0.3) is 0 Å². The predicted octanol–water partition coefficient (Wildman–Crippen LogP) is 1.48. The molecule has 0 atom stereocenters. The number of aromatic nitrogens is 1. The number of ether oxygens (including phenoxy) is 1. The molecule has 0 saturated carbocycles. The smallest absolute Gasteiger partial charge is 0.356 e. The molecule has 0 bridgehead atoms. The lowest BCUT2D eigenvalue weighted by atomic mass is 10.1. The van der Waals surface area contributed by atoms with Crippen molar-refractivity contribution < 1.29 is 14.6 Å². The Morgan fingerprint density at radius 1 is 1.27 bits per heavy atom. The maximum Gasteiger partial charge on any atom is 0.356 e. The van der Waals surface area contributed by atoms with E-state index in [9.17, 15) is 9.90 Å². The lowest BCUT2D eigenvalue weighted by Gasteiger charge is -2.34. The molecule has 6 nitrogen and oxygen atoms in total. The summed E-state index contributed by atoms with van der Waals surface area (Å²) in [6.07, 6.45) is 0. The topological polar surface area (TPSA) is 65.9 Å². The summed E-state index contributed by atoms with van der Waals surface area (Å²) in [5.41, 5.74) is 1.55. The van der Waals surface area contributed by atoms with Crippen molar-refractivity contribution in [3.05, 3.63) is 30.0 Å². The van der Waals surface area contributed by atoms with E-state index in [-0.39, 0.29) is 11.4 Å². The van der Waals surface area contributed by atoms with Gasteiger partial charge in [0.05, 0.1) is 7.11 Å². The first kappa shape index (κ1) is 14.6. The van der Waals surface area contributed by atoms with Gasteiger partial charge in [0.15, 0.2) is 5.69 Å². The van der Waals surface area contributed by atoms with E-state index in [0.29, 0.717) is 5.52 Å². The van der Waals surface area contributed by atoms with Crippen LogP contribution in [0.25, 0.3) is 10.9 Å². The van der Waals surface area contributed by atoms with E-state index in [1.165, 1.54) is 7.11 Å². The van der Waals surface area contributed by atoms with Gasteiger partial charge in [-0.1, -0.05) is 12.1 Å². The molecule has 0 spiro atoms. The number of carbonyl (C=O) groups is 1. The summed E-state index contributed by atoms with van der Waals surface area (Å²) in [6.45, 7) is 3.64. The maximum absolute atomic E-state index is 11.9. The number of pyridine rings is 1. The number of nitrogens with zero attached hydrogens (tertiary/aromatic N) is 3.